The summed E-state index contributed by atoms with van der Waals surface area (Å²) in [6.07, 6.45) is 0.340. The molecule has 3 atom stereocenters. The van der Waals surface area contributed by atoms with Crippen LogP contribution in [0.25, 0.3) is 11.1 Å². The van der Waals surface area contributed by atoms with Gasteiger partial charge in [0.1, 0.15) is 23.6 Å². The summed E-state index contributed by atoms with van der Waals surface area (Å²) < 4.78 is 10.8. The molecular weight excluding hydrogens is 586 g/mol. The van der Waals surface area contributed by atoms with E-state index in [1.54, 1.807) is 18.2 Å². The molecule has 45 heavy (non-hydrogen) atoms. The maximum Gasteiger partial charge on any atom is 0.305 e. The molecule has 0 bridgehead atoms. The van der Waals surface area contributed by atoms with Crippen LogP contribution in [0.1, 0.15) is 54.8 Å². The van der Waals surface area contributed by atoms with Crippen LogP contribution in [0.2, 0.25) is 0 Å². The maximum absolute atomic E-state index is 13.8. The summed E-state index contributed by atoms with van der Waals surface area (Å²) >= 11 is 0. The Hall–Kier alpha value is -5.27. The number of ether oxygens (including phenoxy) is 1. The summed E-state index contributed by atoms with van der Waals surface area (Å²) in [7, 11) is 1.41. The van der Waals surface area contributed by atoms with Gasteiger partial charge in [-0.3, -0.25) is 33.8 Å². The third-order valence-corrected chi connectivity index (χ3v) is 7.80. The first-order chi connectivity index (χ1) is 21.7. The number of fused-ring (bicyclic) bond motifs is 2. The second-order valence-corrected chi connectivity index (χ2v) is 10.9. The number of carbonyl (C=O) groups is 6. The number of nitrogens with one attached hydrogen (secondary N) is 2. The molecule has 3 aromatic rings. The Morgan fingerprint density at radius 2 is 1.87 bits per heavy atom. The van der Waals surface area contributed by atoms with Crippen molar-refractivity contribution >= 4 is 46.5 Å². The van der Waals surface area contributed by atoms with Crippen LogP contribution in [0.5, 0.6) is 5.75 Å². The molecule has 14 heteroatoms. The predicted molar refractivity (Wildman–Crippen MR) is 157 cm³/mol. The van der Waals surface area contributed by atoms with Crippen molar-refractivity contribution in [3.63, 3.8) is 0 Å². The summed E-state index contributed by atoms with van der Waals surface area (Å²) in [6.45, 7) is 0.186. The van der Waals surface area contributed by atoms with Crippen LogP contribution in [-0.4, -0.2) is 87.3 Å². The van der Waals surface area contributed by atoms with Crippen LogP contribution >= 0.6 is 0 Å². The lowest BCUT2D eigenvalue weighted by molar-refractivity contribution is -0.176. The molecule has 2 aliphatic rings. The van der Waals surface area contributed by atoms with Crippen molar-refractivity contribution in [1.82, 2.24) is 25.6 Å². The summed E-state index contributed by atoms with van der Waals surface area (Å²) in [5.41, 5.74) is 1.43. The summed E-state index contributed by atoms with van der Waals surface area (Å²) in [6, 6.07) is 10.3. The zero-order valence-electron chi connectivity index (χ0n) is 24.6. The standard InChI is InChI=1S/C31H33N5O9/c1-44-23-11-5-9-19-28(23)45-30(34-19)27(41)21(17-26(39)40)33-29(42)22-10-6-16-35-25(38)15-13-20(31(43)36(22)35)32-24(37)14-12-18-7-3-2-4-8-18/h2-5,7-9,11,20-22H,6,10,12-17H2,1H3,(H,32,37)(H,33,42)(H,39,40)/t20-,21-,22-/m0/s1. The number of hydrogen-bond acceptors (Lipinski definition) is 9. The number of benzene rings is 2. The Morgan fingerprint density at radius 1 is 1.09 bits per heavy atom. The minimum absolute atomic E-state index is 0.0263. The number of nitrogens with zero attached hydrogens (tertiary/aromatic N) is 3. The Labute approximate surface area is 257 Å². The van der Waals surface area contributed by atoms with E-state index >= 15 is 0 Å². The van der Waals surface area contributed by atoms with Crippen LogP contribution in [0, 0.1) is 0 Å². The number of rotatable bonds is 11. The van der Waals surface area contributed by atoms with Crippen molar-refractivity contribution in [2.24, 2.45) is 0 Å². The van der Waals surface area contributed by atoms with Crippen molar-refractivity contribution in [2.45, 2.75) is 63.1 Å². The van der Waals surface area contributed by atoms with Crippen LogP contribution in [0.4, 0.5) is 0 Å². The molecule has 236 valence electrons. The Morgan fingerprint density at radius 3 is 2.60 bits per heavy atom. The Bertz CT molecular complexity index is 1620. The highest BCUT2D eigenvalue weighted by molar-refractivity contribution is 6.03. The number of aromatic nitrogens is 1. The fourth-order valence-electron chi connectivity index (χ4n) is 5.57. The second-order valence-electron chi connectivity index (χ2n) is 10.9. The van der Waals surface area contributed by atoms with Crippen LogP contribution < -0.4 is 15.4 Å². The SMILES string of the molecule is COc1cccc2nc(C(=O)[C@H](CC(=O)O)NC(=O)[C@@H]3CCCN4C(=O)CC[C@H](NC(=O)CCc5ccccc5)C(=O)N34)oc12. The van der Waals surface area contributed by atoms with E-state index in [9.17, 15) is 33.9 Å². The molecule has 3 heterocycles. The average Bonchev–Trinajstić information content (AvgIpc) is 3.44. The molecule has 0 unspecified atom stereocenters. The number of para-hydroxylation sites is 1. The largest absolute Gasteiger partial charge is 0.493 e. The molecule has 1 aromatic heterocycles. The zero-order valence-corrected chi connectivity index (χ0v) is 24.6. The van der Waals surface area contributed by atoms with E-state index in [2.05, 4.69) is 15.6 Å². The van der Waals surface area contributed by atoms with E-state index in [0.29, 0.717) is 24.1 Å². The number of amides is 4. The van der Waals surface area contributed by atoms with Gasteiger partial charge in [-0.15, -0.1) is 0 Å². The fourth-order valence-corrected chi connectivity index (χ4v) is 5.57. The highest BCUT2D eigenvalue weighted by Gasteiger charge is 2.45. The van der Waals surface area contributed by atoms with Gasteiger partial charge in [0, 0.05) is 19.4 Å². The number of methoxy groups -OCH3 is 1. The molecule has 2 aliphatic heterocycles. The van der Waals surface area contributed by atoms with Gasteiger partial charge in [-0.25, -0.2) is 9.99 Å². The lowest BCUT2D eigenvalue weighted by Crippen LogP contribution is -2.64. The monoisotopic (exact) mass is 619 g/mol. The van der Waals surface area contributed by atoms with E-state index in [0.717, 1.165) is 10.6 Å². The lowest BCUT2D eigenvalue weighted by atomic mass is 10.0. The minimum Gasteiger partial charge on any atom is -0.493 e. The fraction of sp³-hybridized carbons (Fsp3) is 0.387. The molecule has 2 saturated heterocycles. The van der Waals surface area contributed by atoms with E-state index in [-0.39, 0.29) is 49.6 Å². The highest BCUT2D eigenvalue weighted by atomic mass is 16.5. The van der Waals surface area contributed by atoms with E-state index in [1.165, 1.54) is 12.1 Å². The third-order valence-electron chi connectivity index (χ3n) is 7.80. The molecule has 0 radical (unpaired) electrons. The molecule has 3 N–H and O–H groups in total. The maximum atomic E-state index is 13.8. The molecule has 0 spiro atoms. The topological polar surface area (TPSA) is 188 Å². The van der Waals surface area contributed by atoms with Crippen LogP contribution in [-0.2, 0) is 30.4 Å². The number of aryl methyl sites for hydroxylation is 1. The number of carboxylic acid groups (broad SMARTS) is 1. The van der Waals surface area contributed by atoms with E-state index in [1.807, 2.05) is 30.3 Å². The first kappa shape index (κ1) is 31.2. The first-order valence-electron chi connectivity index (χ1n) is 14.6. The normalized spacial score (nSPS) is 19.0. The van der Waals surface area contributed by atoms with Crippen molar-refractivity contribution in [1.29, 1.82) is 0 Å². The number of hydrazine groups is 1. The van der Waals surface area contributed by atoms with Gasteiger partial charge >= 0.3 is 5.97 Å². The summed E-state index contributed by atoms with van der Waals surface area (Å²) in [4.78, 5) is 82.5. The smallest absolute Gasteiger partial charge is 0.305 e. The summed E-state index contributed by atoms with van der Waals surface area (Å²) in [5, 5.41) is 16.9. The van der Waals surface area contributed by atoms with Gasteiger partial charge in [0.2, 0.25) is 23.5 Å². The summed E-state index contributed by atoms with van der Waals surface area (Å²) in [5.74, 6) is -4.60. The predicted octanol–water partition coefficient (Wildman–Crippen LogP) is 1.62. The van der Waals surface area contributed by atoms with Gasteiger partial charge < -0.3 is 24.9 Å². The van der Waals surface area contributed by atoms with Gasteiger partial charge in [0.15, 0.2) is 11.3 Å². The molecule has 4 amide bonds. The number of ketones is 1. The number of carbonyl (C=O) groups excluding carboxylic acids is 5. The molecular formula is C31H33N5O9. The highest BCUT2D eigenvalue weighted by Crippen LogP contribution is 2.28. The molecule has 2 fully saturated rings. The van der Waals surface area contributed by atoms with Crippen molar-refractivity contribution in [2.75, 3.05) is 13.7 Å². The van der Waals surface area contributed by atoms with Crippen molar-refractivity contribution < 1.29 is 43.0 Å². The van der Waals surface area contributed by atoms with Gasteiger partial charge in [-0.1, -0.05) is 36.4 Å². The van der Waals surface area contributed by atoms with E-state index in [4.69, 9.17) is 9.15 Å². The van der Waals surface area contributed by atoms with Crippen molar-refractivity contribution in [3.05, 3.63) is 60.0 Å². The molecule has 14 nitrogen and oxygen atoms in total. The quantitative estimate of drug-likeness (QED) is 0.266. The van der Waals surface area contributed by atoms with Gasteiger partial charge in [-0.05, 0) is 43.4 Å². The van der Waals surface area contributed by atoms with Crippen LogP contribution in [0.3, 0.4) is 0 Å². The molecule has 0 saturated carbocycles. The van der Waals surface area contributed by atoms with E-state index < -0.39 is 54.0 Å². The van der Waals surface area contributed by atoms with Gasteiger partial charge in [0.25, 0.3) is 11.8 Å². The minimum atomic E-state index is -1.59. The zero-order chi connectivity index (χ0) is 32.1. The number of Topliss-reactive ketones (excluding diaryl/α,β-unsaturated/α-hetero) is 1. The number of carboxylic acids is 1. The molecule has 0 aliphatic carbocycles. The number of oxazole rings is 1. The Kier molecular flexibility index (Phi) is 9.40. The lowest BCUT2D eigenvalue weighted by Gasteiger charge is -2.43. The molecule has 2 aromatic carbocycles. The van der Waals surface area contributed by atoms with Crippen molar-refractivity contribution in [3.8, 4) is 5.75 Å². The third kappa shape index (κ3) is 6.95. The second kappa shape index (κ2) is 13.6. The number of aliphatic carboxylic acids is 1. The van der Waals surface area contributed by atoms with Gasteiger partial charge in [0.05, 0.1) is 13.5 Å². The van der Waals surface area contributed by atoms with Gasteiger partial charge in [-0.2, -0.15) is 0 Å². The van der Waals surface area contributed by atoms with Crippen LogP contribution in [0.15, 0.2) is 52.9 Å². The Balaban J connectivity index is 1.33. The average molecular weight is 620 g/mol. The number of hydrogen-bond donors (Lipinski definition) is 3. The molecule has 5 rings (SSSR count). The first-order valence-corrected chi connectivity index (χ1v) is 14.6.